The molecule has 0 fully saturated rings. The predicted molar refractivity (Wildman–Crippen MR) is 68.5 cm³/mol. The summed E-state index contributed by atoms with van der Waals surface area (Å²) in [4.78, 5) is 0. The molecule has 0 saturated carbocycles. The van der Waals surface area contributed by atoms with E-state index in [2.05, 4.69) is 91.6 Å². The fourth-order valence-electron chi connectivity index (χ4n) is 2.89. The van der Waals surface area contributed by atoms with Gasteiger partial charge in [0.15, 0.2) is 0 Å². The summed E-state index contributed by atoms with van der Waals surface area (Å²) in [7, 11) is 0. The van der Waals surface area contributed by atoms with Gasteiger partial charge in [0.1, 0.15) is 0 Å². The molecule has 0 atom stereocenters. The Kier molecular flexibility index (Phi) is 3.04. The van der Waals surface area contributed by atoms with Crippen LogP contribution in [0.4, 0.5) is 0 Å². The molecule has 1 aliphatic carbocycles. The van der Waals surface area contributed by atoms with Crippen LogP contribution >= 0.6 is 0 Å². The van der Waals surface area contributed by atoms with Crippen molar-refractivity contribution in [1.29, 1.82) is 0 Å². The first kappa shape index (κ1) is 12.1. The molecule has 0 spiro atoms. The molecule has 1 radical (unpaired) electrons. The third-order valence-electron chi connectivity index (χ3n) is 3.69. The standard InChI is InChI=1S/C16H15Xe/c1-9-4-10(2)13-8-14-11(3)6-12(17)7-16(14)15(13)5-9/h4-7H,8H2,1-3H3. The molecule has 0 nitrogen and oxygen atoms in total. The quantitative estimate of drug-likeness (QED) is 0.590. The van der Waals surface area contributed by atoms with E-state index in [9.17, 15) is 0 Å². The van der Waals surface area contributed by atoms with Gasteiger partial charge in [-0.05, 0) is 0 Å². The van der Waals surface area contributed by atoms with Gasteiger partial charge in [0.05, 0.1) is 0 Å². The summed E-state index contributed by atoms with van der Waals surface area (Å²) in [5, 5.41) is 0. The van der Waals surface area contributed by atoms with Crippen LogP contribution in [-0.4, -0.2) is 0 Å². The zero-order chi connectivity index (χ0) is 12.2. The molecule has 0 heterocycles. The van der Waals surface area contributed by atoms with E-state index in [0.717, 1.165) is 6.42 Å². The molecule has 3 rings (SSSR count). The fraction of sp³-hybridized carbons (Fsp3) is 0.250. The molecule has 2 aromatic rings. The van der Waals surface area contributed by atoms with Crippen molar-refractivity contribution >= 4 is 0.0314 Å². The first-order chi connectivity index (χ1) is 8.06. The minimum atomic E-state index is 1.11. The Morgan fingerprint density at radius 1 is 0.824 bits per heavy atom. The molecule has 0 aliphatic heterocycles. The zero-order valence-corrected chi connectivity index (χ0v) is 12.4. The summed E-state index contributed by atoms with van der Waals surface area (Å²) < 4.78 is 1.30. The third-order valence-corrected chi connectivity index (χ3v) is 4.27. The van der Waals surface area contributed by atoms with Crippen LogP contribution in [0.1, 0.15) is 27.8 Å². The molecule has 17 heavy (non-hydrogen) atoms. The molecule has 1 aliphatic rings. The van der Waals surface area contributed by atoms with Crippen LogP contribution in [0.25, 0.3) is 11.1 Å². The summed E-state index contributed by atoms with van der Waals surface area (Å²) >= 11 is 2.72. The van der Waals surface area contributed by atoms with Crippen molar-refractivity contribution in [2.75, 3.05) is 0 Å². The predicted octanol–water partition coefficient (Wildman–Crippen LogP) is 3.36. The average Bonchev–Trinajstić information content (AvgIpc) is 2.58. The van der Waals surface area contributed by atoms with Gasteiger partial charge in [-0.25, -0.2) is 0 Å². The summed E-state index contributed by atoms with van der Waals surface area (Å²) in [6, 6.07) is 9.20. The van der Waals surface area contributed by atoms with E-state index < -0.39 is 0 Å². The minimum absolute atomic E-state index is 1.11. The molecule has 0 saturated heterocycles. The van der Waals surface area contributed by atoms with Crippen molar-refractivity contribution in [3.05, 3.63) is 52.1 Å². The van der Waals surface area contributed by atoms with Crippen molar-refractivity contribution in [3.8, 4) is 11.1 Å². The van der Waals surface area contributed by atoms with Gasteiger partial charge >= 0.3 is 137 Å². The maximum absolute atomic E-state index is 2.72. The molecule has 0 unspecified atom stereocenters. The molecule has 0 bridgehead atoms. The van der Waals surface area contributed by atoms with Gasteiger partial charge in [-0.1, -0.05) is 0 Å². The molecule has 0 N–H and O–H groups in total. The number of hydrogen-bond acceptors (Lipinski definition) is 0. The SMILES string of the molecule is Cc1cc(C)c2c(c1)-c1cc([Xe])cc(C)c1C2. The van der Waals surface area contributed by atoms with Crippen molar-refractivity contribution in [1.82, 2.24) is 0 Å². The van der Waals surface area contributed by atoms with Crippen LogP contribution in [0.5, 0.6) is 0 Å². The van der Waals surface area contributed by atoms with Gasteiger partial charge in [-0.15, -0.1) is 0 Å². The topological polar surface area (TPSA) is 0 Å². The van der Waals surface area contributed by atoms with E-state index in [1.807, 2.05) is 0 Å². The van der Waals surface area contributed by atoms with E-state index in [1.54, 1.807) is 0 Å². The fourth-order valence-corrected chi connectivity index (χ4v) is 3.62. The second kappa shape index (κ2) is 4.29. The first-order valence-electron chi connectivity index (χ1n) is 5.94. The van der Waals surface area contributed by atoms with Crippen LogP contribution in [0.2, 0.25) is 0 Å². The van der Waals surface area contributed by atoms with E-state index in [0.29, 0.717) is 0 Å². The molecular weight excluding hydrogens is 323 g/mol. The molecule has 1 heteroatoms. The second-order valence-electron chi connectivity index (χ2n) is 5.02. The maximum atomic E-state index is 2.72. The average molecular weight is 339 g/mol. The first-order valence-corrected chi connectivity index (χ1v) is 6.95. The molecule has 2 aromatic carbocycles. The van der Waals surface area contributed by atoms with Crippen molar-refractivity contribution in [2.45, 2.75) is 27.2 Å². The van der Waals surface area contributed by atoms with Crippen molar-refractivity contribution < 1.29 is 46.5 Å². The van der Waals surface area contributed by atoms with E-state index in [4.69, 9.17) is 0 Å². The summed E-state index contributed by atoms with van der Waals surface area (Å²) in [5.41, 5.74) is 10.1. The van der Waals surface area contributed by atoms with Gasteiger partial charge in [-0.2, -0.15) is 0 Å². The van der Waals surface area contributed by atoms with Crippen LogP contribution < -0.4 is 0.0314 Å². The summed E-state index contributed by atoms with van der Waals surface area (Å²) in [6.45, 7) is 6.64. The molecule has 0 amide bonds. The number of fused-ring (bicyclic) bond motifs is 3. The Labute approximate surface area is 135 Å². The normalized spacial score (nSPS) is 12.5. The van der Waals surface area contributed by atoms with Crippen LogP contribution in [-0.2, 0) is 6.42 Å². The van der Waals surface area contributed by atoms with Crippen LogP contribution in [0.15, 0.2) is 24.3 Å². The Morgan fingerprint density at radius 3 is 2.12 bits per heavy atom. The second-order valence-corrected chi connectivity index (χ2v) is 6.18. The van der Waals surface area contributed by atoms with E-state index in [-0.39, 0.29) is 0 Å². The Morgan fingerprint density at radius 2 is 1.41 bits per heavy atom. The monoisotopic (exact) mass is 339 g/mol. The number of rotatable bonds is 0. The Hall–Kier alpha value is 0.0114. The van der Waals surface area contributed by atoms with Crippen molar-refractivity contribution in [3.63, 3.8) is 0 Å². The van der Waals surface area contributed by atoms with Crippen molar-refractivity contribution in [2.24, 2.45) is 0 Å². The summed E-state index contributed by atoms with van der Waals surface area (Å²) in [5.74, 6) is 0. The van der Waals surface area contributed by atoms with Crippen LogP contribution in [0.3, 0.4) is 0 Å². The van der Waals surface area contributed by atoms with E-state index >= 15 is 0 Å². The van der Waals surface area contributed by atoms with Gasteiger partial charge in [0.25, 0.3) is 0 Å². The van der Waals surface area contributed by atoms with Gasteiger partial charge in [0.2, 0.25) is 0 Å². The van der Waals surface area contributed by atoms with Gasteiger partial charge in [0, 0.05) is 0 Å². The van der Waals surface area contributed by atoms with E-state index in [1.165, 1.54) is 39.0 Å². The van der Waals surface area contributed by atoms with Gasteiger partial charge < -0.3 is 0 Å². The Bertz CT molecular complexity index is 568. The number of benzene rings is 2. The van der Waals surface area contributed by atoms with Crippen LogP contribution in [0, 0.1) is 67.3 Å². The third kappa shape index (κ3) is 1.96. The molecular formula is C16H15Xe. The molecule has 0 aromatic heterocycles. The summed E-state index contributed by atoms with van der Waals surface area (Å²) in [6.07, 6.45) is 1.11. The number of hydrogen-bond donors (Lipinski definition) is 0. The Balaban J connectivity index is 2.34. The van der Waals surface area contributed by atoms with Gasteiger partial charge in [-0.3, -0.25) is 0 Å². The molecule has 87 valence electrons. The number of aryl methyl sites for hydroxylation is 3. The zero-order valence-electron chi connectivity index (χ0n) is 10.4.